The Balaban J connectivity index is 2.36. The van der Waals surface area contributed by atoms with Crippen LogP contribution in [0.1, 0.15) is 6.42 Å². The second-order valence-corrected chi connectivity index (χ2v) is 2.99. The zero-order valence-corrected chi connectivity index (χ0v) is 7.87. The van der Waals surface area contributed by atoms with E-state index in [9.17, 15) is 9.59 Å². The number of rotatable bonds is 4. The minimum atomic E-state index is -0.354. The van der Waals surface area contributed by atoms with E-state index in [-0.39, 0.29) is 24.3 Å². The van der Waals surface area contributed by atoms with Crippen molar-refractivity contribution in [1.29, 1.82) is 0 Å². The molecule has 1 atom stereocenters. The van der Waals surface area contributed by atoms with Crippen molar-refractivity contribution >= 4 is 11.8 Å². The first-order valence-corrected chi connectivity index (χ1v) is 4.19. The molecule has 0 bridgehead atoms. The van der Waals surface area contributed by atoms with Gasteiger partial charge in [-0.25, -0.2) is 0 Å². The average Bonchev–Trinajstić information content (AvgIpc) is 2.34. The molecule has 1 heterocycles. The third kappa shape index (κ3) is 2.26. The Labute approximate surface area is 77.0 Å². The number of methoxy groups -OCH3 is 1. The second-order valence-electron chi connectivity index (χ2n) is 2.99. The number of amides is 2. The van der Waals surface area contributed by atoms with Crippen LogP contribution in [-0.2, 0) is 14.3 Å². The molecule has 1 fully saturated rings. The molecule has 0 spiro atoms. The Morgan fingerprint density at radius 2 is 2.31 bits per heavy atom. The number of nitrogens with zero attached hydrogens (tertiary/aromatic N) is 1. The van der Waals surface area contributed by atoms with Crippen LogP contribution in [0.2, 0.25) is 0 Å². The van der Waals surface area contributed by atoms with Crippen LogP contribution >= 0.6 is 0 Å². The third-order valence-electron chi connectivity index (χ3n) is 2.08. The standard InChI is InChI=1S/C8H14N2O3/c1-10-7(11)5-6(8(10)12)9-3-4-13-2/h6,9H,3-5H2,1-2H3. The van der Waals surface area contributed by atoms with Crippen molar-refractivity contribution in [3.63, 3.8) is 0 Å². The van der Waals surface area contributed by atoms with E-state index < -0.39 is 0 Å². The van der Waals surface area contributed by atoms with Crippen LogP contribution in [0.4, 0.5) is 0 Å². The van der Waals surface area contributed by atoms with Gasteiger partial charge in [-0.2, -0.15) is 0 Å². The lowest BCUT2D eigenvalue weighted by molar-refractivity contribution is -0.137. The number of carbonyl (C=O) groups is 2. The van der Waals surface area contributed by atoms with Crippen LogP contribution in [0.15, 0.2) is 0 Å². The average molecular weight is 186 g/mol. The summed E-state index contributed by atoms with van der Waals surface area (Å²) in [4.78, 5) is 23.5. The van der Waals surface area contributed by atoms with Gasteiger partial charge in [0.25, 0.3) is 0 Å². The molecule has 5 nitrogen and oxygen atoms in total. The smallest absolute Gasteiger partial charge is 0.246 e. The van der Waals surface area contributed by atoms with Crippen molar-refractivity contribution in [2.45, 2.75) is 12.5 Å². The van der Waals surface area contributed by atoms with E-state index in [1.54, 1.807) is 7.11 Å². The van der Waals surface area contributed by atoms with Crippen molar-refractivity contribution in [3.05, 3.63) is 0 Å². The second kappa shape index (κ2) is 4.34. The summed E-state index contributed by atoms with van der Waals surface area (Å²) >= 11 is 0. The van der Waals surface area contributed by atoms with E-state index in [2.05, 4.69) is 5.32 Å². The highest BCUT2D eigenvalue weighted by molar-refractivity contribution is 6.05. The van der Waals surface area contributed by atoms with Gasteiger partial charge in [0, 0.05) is 20.7 Å². The predicted octanol–water partition coefficient (Wildman–Crippen LogP) is -1.02. The van der Waals surface area contributed by atoms with Crippen molar-refractivity contribution in [1.82, 2.24) is 10.2 Å². The molecule has 1 aliphatic rings. The minimum Gasteiger partial charge on any atom is -0.383 e. The molecule has 1 saturated heterocycles. The highest BCUT2D eigenvalue weighted by Gasteiger charge is 2.35. The number of likely N-dealkylation sites (N-methyl/N-ethyl adjacent to an activating group) is 1. The summed E-state index contributed by atoms with van der Waals surface area (Å²) < 4.78 is 4.82. The molecule has 1 rings (SSSR count). The number of hydrogen-bond donors (Lipinski definition) is 1. The molecule has 1 aliphatic heterocycles. The number of hydrogen-bond acceptors (Lipinski definition) is 4. The number of likely N-dealkylation sites (tertiary alicyclic amines) is 1. The summed E-state index contributed by atoms with van der Waals surface area (Å²) in [5, 5.41) is 2.96. The topological polar surface area (TPSA) is 58.6 Å². The number of nitrogens with one attached hydrogen (secondary N) is 1. The van der Waals surface area contributed by atoms with E-state index >= 15 is 0 Å². The molecule has 74 valence electrons. The number of ether oxygens (including phenoxy) is 1. The molecule has 0 aromatic heterocycles. The van der Waals surface area contributed by atoms with Gasteiger partial charge < -0.3 is 10.1 Å². The van der Waals surface area contributed by atoms with Gasteiger partial charge in [0.1, 0.15) is 0 Å². The van der Waals surface area contributed by atoms with Crippen molar-refractivity contribution in [2.24, 2.45) is 0 Å². The molecule has 13 heavy (non-hydrogen) atoms. The Morgan fingerprint density at radius 1 is 1.62 bits per heavy atom. The van der Waals surface area contributed by atoms with Crippen LogP contribution < -0.4 is 5.32 Å². The van der Waals surface area contributed by atoms with Crippen molar-refractivity contribution < 1.29 is 14.3 Å². The van der Waals surface area contributed by atoms with E-state index in [1.807, 2.05) is 0 Å². The Bertz CT molecular complexity index is 217. The van der Waals surface area contributed by atoms with E-state index in [1.165, 1.54) is 7.05 Å². The zero-order chi connectivity index (χ0) is 9.84. The van der Waals surface area contributed by atoms with Crippen LogP contribution in [-0.4, -0.2) is 50.1 Å². The maximum absolute atomic E-state index is 11.3. The van der Waals surface area contributed by atoms with Crippen LogP contribution in [0.5, 0.6) is 0 Å². The molecule has 0 aromatic carbocycles. The first-order chi connectivity index (χ1) is 6.16. The molecule has 1 N–H and O–H groups in total. The van der Waals surface area contributed by atoms with Gasteiger partial charge in [-0.05, 0) is 0 Å². The van der Waals surface area contributed by atoms with Gasteiger partial charge in [0.05, 0.1) is 19.1 Å². The van der Waals surface area contributed by atoms with E-state index in [0.717, 1.165) is 4.90 Å². The van der Waals surface area contributed by atoms with Gasteiger partial charge >= 0.3 is 0 Å². The van der Waals surface area contributed by atoms with Gasteiger partial charge in [-0.1, -0.05) is 0 Å². The fraction of sp³-hybridized carbons (Fsp3) is 0.750. The fourth-order valence-corrected chi connectivity index (χ4v) is 1.25. The largest absolute Gasteiger partial charge is 0.383 e. The lowest BCUT2D eigenvalue weighted by atomic mass is 10.2. The first-order valence-electron chi connectivity index (χ1n) is 4.19. The zero-order valence-electron chi connectivity index (χ0n) is 7.87. The van der Waals surface area contributed by atoms with Crippen molar-refractivity contribution in [2.75, 3.05) is 27.3 Å². The molecule has 0 saturated carbocycles. The highest BCUT2D eigenvalue weighted by Crippen LogP contribution is 2.09. The summed E-state index contributed by atoms with van der Waals surface area (Å²) in [6.45, 7) is 1.13. The van der Waals surface area contributed by atoms with Crippen molar-refractivity contribution in [3.8, 4) is 0 Å². The Kier molecular flexibility index (Phi) is 3.39. The van der Waals surface area contributed by atoms with Gasteiger partial charge in [-0.15, -0.1) is 0 Å². The third-order valence-corrected chi connectivity index (χ3v) is 2.08. The van der Waals surface area contributed by atoms with Crippen LogP contribution in [0.25, 0.3) is 0 Å². The highest BCUT2D eigenvalue weighted by atomic mass is 16.5. The lowest BCUT2D eigenvalue weighted by Crippen LogP contribution is -2.38. The van der Waals surface area contributed by atoms with Gasteiger partial charge in [0.15, 0.2) is 0 Å². The normalized spacial score (nSPS) is 22.9. The molecule has 0 aromatic rings. The predicted molar refractivity (Wildman–Crippen MR) is 46.1 cm³/mol. The summed E-state index contributed by atoms with van der Waals surface area (Å²) in [6.07, 6.45) is 0.263. The number of imide groups is 1. The van der Waals surface area contributed by atoms with Gasteiger partial charge in [-0.3, -0.25) is 14.5 Å². The first kappa shape index (κ1) is 10.1. The summed E-state index contributed by atoms with van der Waals surface area (Å²) in [5.74, 6) is -0.277. The molecule has 2 amide bonds. The van der Waals surface area contributed by atoms with Gasteiger partial charge in [0.2, 0.25) is 11.8 Å². The molecule has 0 aliphatic carbocycles. The maximum Gasteiger partial charge on any atom is 0.246 e. The summed E-state index contributed by atoms with van der Waals surface area (Å²) in [5.41, 5.74) is 0. The quantitative estimate of drug-likeness (QED) is 0.451. The van der Waals surface area contributed by atoms with E-state index in [4.69, 9.17) is 4.74 Å². The molecule has 5 heteroatoms. The summed E-state index contributed by atoms with van der Waals surface area (Å²) in [6, 6.07) is -0.354. The monoisotopic (exact) mass is 186 g/mol. The van der Waals surface area contributed by atoms with E-state index in [0.29, 0.717) is 13.2 Å². The van der Waals surface area contributed by atoms with Crippen LogP contribution in [0, 0.1) is 0 Å². The Morgan fingerprint density at radius 3 is 2.77 bits per heavy atom. The molecule has 1 unspecified atom stereocenters. The SMILES string of the molecule is COCCNC1CC(=O)N(C)C1=O. The Hall–Kier alpha value is -0.940. The minimum absolute atomic E-state index is 0.125. The molecular weight excluding hydrogens is 172 g/mol. The lowest BCUT2D eigenvalue weighted by Gasteiger charge is -2.09. The number of carbonyl (C=O) groups excluding carboxylic acids is 2. The molecular formula is C8H14N2O3. The molecule has 0 radical (unpaired) electrons. The van der Waals surface area contributed by atoms with Crippen LogP contribution in [0.3, 0.4) is 0 Å². The maximum atomic E-state index is 11.3. The summed E-state index contributed by atoms with van der Waals surface area (Å²) in [7, 11) is 3.10. The fourth-order valence-electron chi connectivity index (χ4n) is 1.25.